The van der Waals surface area contributed by atoms with Crippen LogP contribution in [0, 0.1) is 0 Å². The van der Waals surface area contributed by atoms with Crippen LogP contribution >= 0.6 is 11.6 Å². The van der Waals surface area contributed by atoms with Crippen LogP contribution in [0.5, 0.6) is 5.75 Å². The van der Waals surface area contributed by atoms with Gasteiger partial charge in [0.05, 0.1) is 18.0 Å². The van der Waals surface area contributed by atoms with Crippen LogP contribution in [0.3, 0.4) is 0 Å². The third-order valence-electron chi connectivity index (χ3n) is 4.57. The molecular formula is C21H23ClN2O4S. The van der Waals surface area contributed by atoms with Crippen molar-refractivity contribution in [1.29, 1.82) is 0 Å². The maximum atomic E-state index is 12.2. The van der Waals surface area contributed by atoms with E-state index in [-0.39, 0.29) is 11.7 Å². The Morgan fingerprint density at radius 2 is 2.00 bits per heavy atom. The number of sulfonamides is 1. The summed E-state index contributed by atoms with van der Waals surface area (Å²) in [7, 11) is -1.48. The minimum absolute atomic E-state index is 0.147. The number of ether oxygens (including phenoxy) is 1. The molecule has 1 saturated heterocycles. The first kappa shape index (κ1) is 21.2. The van der Waals surface area contributed by atoms with Crippen LogP contribution in [0.2, 0.25) is 5.02 Å². The first-order chi connectivity index (χ1) is 13.8. The van der Waals surface area contributed by atoms with Gasteiger partial charge < -0.3 is 9.64 Å². The fourth-order valence-electron chi connectivity index (χ4n) is 2.94. The van der Waals surface area contributed by atoms with E-state index in [0.29, 0.717) is 42.6 Å². The second-order valence-electron chi connectivity index (χ2n) is 6.73. The van der Waals surface area contributed by atoms with E-state index in [9.17, 15) is 13.2 Å². The quantitative estimate of drug-likeness (QED) is 0.626. The summed E-state index contributed by atoms with van der Waals surface area (Å²) in [6, 6.07) is 14.2. The van der Waals surface area contributed by atoms with E-state index in [0.717, 1.165) is 5.56 Å². The number of benzene rings is 2. The van der Waals surface area contributed by atoms with E-state index < -0.39 is 10.0 Å². The summed E-state index contributed by atoms with van der Waals surface area (Å²) in [5.41, 5.74) is 1.48. The Balaban J connectivity index is 1.50. The second kappa shape index (κ2) is 9.33. The van der Waals surface area contributed by atoms with Crippen molar-refractivity contribution in [2.45, 2.75) is 6.42 Å². The molecule has 0 atom stereocenters. The highest BCUT2D eigenvalue weighted by atomic mass is 35.5. The highest BCUT2D eigenvalue weighted by Gasteiger charge is 2.28. The summed E-state index contributed by atoms with van der Waals surface area (Å²) >= 11 is 5.91. The first-order valence-electron chi connectivity index (χ1n) is 9.27. The maximum Gasteiger partial charge on any atom is 0.246 e. The van der Waals surface area contributed by atoms with Crippen molar-refractivity contribution in [2.75, 3.05) is 36.8 Å². The Labute approximate surface area is 176 Å². The Morgan fingerprint density at radius 1 is 1.24 bits per heavy atom. The van der Waals surface area contributed by atoms with E-state index in [1.54, 1.807) is 60.5 Å². The molecule has 0 radical (unpaired) electrons. The highest BCUT2D eigenvalue weighted by Crippen LogP contribution is 2.24. The molecule has 0 aliphatic carbocycles. The van der Waals surface area contributed by atoms with Crippen LogP contribution in [-0.2, 0) is 14.8 Å². The summed E-state index contributed by atoms with van der Waals surface area (Å²) in [5.74, 6) is 0.705. The summed E-state index contributed by atoms with van der Waals surface area (Å²) < 4.78 is 31.0. The normalized spacial score (nSPS) is 15.6. The molecule has 6 nitrogen and oxygen atoms in total. The molecule has 0 bridgehead atoms. The largest absolute Gasteiger partial charge is 0.492 e. The third kappa shape index (κ3) is 5.74. The number of amides is 1. The number of anilines is 1. The van der Waals surface area contributed by atoms with E-state index in [1.807, 2.05) is 6.07 Å². The van der Waals surface area contributed by atoms with E-state index >= 15 is 0 Å². The second-order valence-corrected chi connectivity index (χ2v) is 9.18. The van der Waals surface area contributed by atoms with Gasteiger partial charge in [-0.15, -0.1) is 0 Å². The smallest absolute Gasteiger partial charge is 0.246 e. The van der Waals surface area contributed by atoms with E-state index in [2.05, 4.69) is 0 Å². The van der Waals surface area contributed by atoms with Crippen molar-refractivity contribution in [3.8, 4) is 5.75 Å². The molecule has 0 unspecified atom stereocenters. The van der Waals surface area contributed by atoms with Crippen LogP contribution in [-0.4, -0.2) is 51.7 Å². The predicted octanol–water partition coefficient (Wildman–Crippen LogP) is 3.43. The molecule has 0 N–H and O–H groups in total. The lowest BCUT2D eigenvalue weighted by Gasteiger charge is -2.17. The van der Waals surface area contributed by atoms with Crippen molar-refractivity contribution >= 4 is 39.3 Å². The third-order valence-corrected chi connectivity index (χ3v) is 6.67. The number of hydrogen-bond donors (Lipinski definition) is 0. The summed E-state index contributed by atoms with van der Waals surface area (Å²) in [4.78, 5) is 13.8. The van der Waals surface area contributed by atoms with Crippen LogP contribution in [0.4, 0.5) is 5.69 Å². The molecule has 8 heteroatoms. The fraction of sp³-hybridized carbons (Fsp3) is 0.286. The van der Waals surface area contributed by atoms with E-state index in [4.69, 9.17) is 16.3 Å². The molecule has 1 heterocycles. The molecule has 1 aliphatic heterocycles. The molecule has 154 valence electrons. The molecular weight excluding hydrogens is 412 g/mol. The molecule has 2 aromatic carbocycles. The molecule has 1 amide bonds. The Hall–Kier alpha value is -2.51. The lowest BCUT2D eigenvalue weighted by Crippen LogP contribution is -2.29. The van der Waals surface area contributed by atoms with Gasteiger partial charge in [0.2, 0.25) is 15.9 Å². The average Bonchev–Trinajstić information content (AvgIpc) is 3.05. The average molecular weight is 435 g/mol. The van der Waals surface area contributed by atoms with Gasteiger partial charge in [-0.2, -0.15) is 0 Å². The SMILES string of the molecule is CN(CCOc1cccc(Cl)c1)C(=O)C=Cc1ccc(N2CCCS2(=O)=O)cc1. The predicted molar refractivity (Wildman–Crippen MR) is 116 cm³/mol. The topological polar surface area (TPSA) is 66.9 Å². The van der Waals surface area contributed by atoms with E-state index in [1.165, 1.54) is 10.4 Å². The van der Waals surface area contributed by atoms with Gasteiger partial charge in [0.1, 0.15) is 12.4 Å². The Kier molecular flexibility index (Phi) is 6.82. The van der Waals surface area contributed by atoms with Crippen molar-refractivity contribution < 1.29 is 17.9 Å². The standard InChI is InChI=1S/C21H23ClN2O4S/c1-23(13-14-28-20-5-2-4-18(22)16-20)21(25)11-8-17-6-9-19(10-7-17)24-12-3-15-29(24,26)27/h2,4-11,16H,3,12-15H2,1H3. The lowest BCUT2D eigenvalue weighted by atomic mass is 10.2. The van der Waals surface area contributed by atoms with Crippen LogP contribution in [0.1, 0.15) is 12.0 Å². The molecule has 0 spiro atoms. The Bertz CT molecular complexity index is 990. The number of halogens is 1. The molecule has 1 aliphatic rings. The van der Waals surface area contributed by atoms with Crippen LogP contribution < -0.4 is 9.04 Å². The lowest BCUT2D eigenvalue weighted by molar-refractivity contribution is -0.125. The molecule has 1 fully saturated rings. The zero-order chi connectivity index (χ0) is 20.9. The van der Waals surface area contributed by atoms with Gasteiger partial charge in [-0.05, 0) is 48.4 Å². The molecule has 0 aromatic heterocycles. The minimum Gasteiger partial charge on any atom is -0.492 e. The fourth-order valence-corrected chi connectivity index (χ4v) is 4.69. The van der Waals surface area contributed by atoms with Gasteiger partial charge in [0.15, 0.2) is 0 Å². The molecule has 3 rings (SSSR count). The number of rotatable bonds is 7. The Morgan fingerprint density at radius 3 is 2.66 bits per heavy atom. The van der Waals surface area contributed by atoms with Gasteiger partial charge in [-0.1, -0.05) is 29.8 Å². The summed E-state index contributed by atoms with van der Waals surface area (Å²) in [6.07, 6.45) is 3.84. The molecule has 0 saturated carbocycles. The number of nitrogens with zero attached hydrogens (tertiary/aromatic N) is 2. The number of carbonyl (C=O) groups is 1. The number of likely N-dealkylation sites (N-methyl/N-ethyl adjacent to an activating group) is 1. The van der Waals surface area contributed by atoms with Crippen LogP contribution in [0.25, 0.3) is 6.08 Å². The summed E-state index contributed by atoms with van der Waals surface area (Å²) in [5, 5.41) is 0.600. The van der Waals surface area contributed by atoms with Gasteiger partial charge in [0, 0.05) is 24.7 Å². The van der Waals surface area contributed by atoms with Crippen molar-refractivity contribution in [3.63, 3.8) is 0 Å². The van der Waals surface area contributed by atoms with Gasteiger partial charge in [-0.3, -0.25) is 9.10 Å². The zero-order valence-corrected chi connectivity index (χ0v) is 17.7. The minimum atomic E-state index is -3.19. The summed E-state index contributed by atoms with van der Waals surface area (Å²) in [6.45, 7) is 1.30. The monoisotopic (exact) mass is 434 g/mol. The molecule has 2 aromatic rings. The maximum absolute atomic E-state index is 12.2. The highest BCUT2D eigenvalue weighted by molar-refractivity contribution is 7.93. The number of hydrogen-bond acceptors (Lipinski definition) is 4. The van der Waals surface area contributed by atoms with Gasteiger partial charge >= 0.3 is 0 Å². The van der Waals surface area contributed by atoms with Crippen LogP contribution in [0.15, 0.2) is 54.6 Å². The first-order valence-corrected chi connectivity index (χ1v) is 11.3. The van der Waals surface area contributed by atoms with Crippen molar-refractivity contribution in [3.05, 3.63) is 65.2 Å². The zero-order valence-electron chi connectivity index (χ0n) is 16.1. The van der Waals surface area contributed by atoms with Gasteiger partial charge in [0.25, 0.3) is 0 Å². The van der Waals surface area contributed by atoms with Crippen molar-refractivity contribution in [2.24, 2.45) is 0 Å². The van der Waals surface area contributed by atoms with Gasteiger partial charge in [-0.25, -0.2) is 8.42 Å². The number of carbonyl (C=O) groups excluding carboxylic acids is 1. The molecule has 29 heavy (non-hydrogen) atoms. The van der Waals surface area contributed by atoms with Crippen molar-refractivity contribution in [1.82, 2.24) is 4.90 Å².